The number of carbonyl (C=O) groups excluding carboxylic acids is 1. The Labute approximate surface area is 198 Å². The van der Waals surface area contributed by atoms with Gasteiger partial charge >= 0.3 is 0 Å². The van der Waals surface area contributed by atoms with Crippen LogP contribution in [-0.2, 0) is 19.6 Å². The standard InChI is InChI=1S/C28H26N2O4/c1-32-26-15-21-13-14-30(17-22(21)16-27(26)33-2)28(31)20-8-11-24(12-9-20)34-18-23-10-7-19-5-3-4-6-25(19)29-23/h3-12,15-16H,13-14,17-18H2,1-2H3. The zero-order chi connectivity index (χ0) is 23.5. The van der Waals surface area contributed by atoms with Gasteiger partial charge < -0.3 is 19.1 Å². The lowest BCUT2D eigenvalue weighted by molar-refractivity contribution is 0.0734. The molecule has 3 aromatic carbocycles. The molecule has 34 heavy (non-hydrogen) atoms. The van der Waals surface area contributed by atoms with E-state index in [9.17, 15) is 4.79 Å². The number of carbonyl (C=O) groups is 1. The molecule has 1 aliphatic heterocycles. The van der Waals surface area contributed by atoms with E-state index in [0.717, 1.165) is 34.3 Å². The first-order chi connectivity index (χ1) is 16.6. The largest absolute Gasteiger partial charge is 0.493 e. The number of benzene rings is 3. The Hall–Kier alpha value is -4.06. The Morgan fingerprint density at radius 3 is 2.41 bits per heavy atom. The highest BCUT2D eigenvalue weighted by atomic mass is 16.5. The molecule has 0 N–H and O–H groups in total. The van der Waals surface area contributed by atoms with Crippen molar-refractivity contribution >= 4 is 16.8 Å². The molecule has 0 radical (unpaired) electrons. The van der Waals surface area contributed by atoms with Crippen molar-refractivity contribution in [3.63, 3.8) is 0 Å². The number of nitrogens with zero attached hydrogens (tertiary/aromatic N) is 2. The second-order valence-electron chi connectivity index (χ2n) is 8.26. The summed E-state index contributed by atoms with van der Waals surface area (Å²) in [5, 5.41) is 1.10. The van der Waals surface area contributed by atoms with Gasteiger partial charge in [0.2, 0.25) is 0 Å². The summed E-state index contributed by atoms with van der Waals surface area (Å²) in [7, 11) is 3.25. The molecule has 4 aromatic rings. The zero-order valence-electron chi connectivity index (χ0n) is 19.3. The minimum Gasteiger partial charge on any atom is -0.493 e. The lowest BCUT2D eigenvalue weighted by atomic mass is 9.98. The molecule has 0 bridgehead atoms. The van der Waals surface area contributed by atoms with E-state index >= 15 is 0 Å². The number of ether oxygens (including phenoxy) is 3. The molecular formula is C28H26N2O4. The van der Waals surface area contributed by atoms with Crippen LogP contribution in [0.3, 0.4) is 0 Å². The average molecular weight is 455 g/mol. The fourth-order valence-corrected chi connectivity index (χ4v) is 4.28. The van der Waals surface area contributed by atoms with Gasteiger partial charge in [0.1, 0.15) is 12.4 Å². The molecular weight excluding hydrogens is 428 g/mol. The Balaban J connectivity index is 1.24. The molecule has 0 fully saturated rings. The number of fused-ring (bicyclic) bond motifs is 2. The molecule has 0 saturated carbocycles. The Kier molecular flexibility index (Phi) is 6.04. The van der Waals surface area contributed by atoms with E-state index in [2.05, 4.69) is 4.98 Å². The van der Waals surface area contributed by atoms with E-state index in [1.807, 2.05) is 77.7 Å². The van der Waals surface area contributed by atoms with Crippen molar-refractivity contribution < 1.29 is 19.0 Å². The molecule has 0 aliphatic carbocycles. The SMILES string of the molecule is COc1cc2c(cc1OC)CN(C(=O)c1ccc(OCc3ccc4ccccc4n3)cc1)CC2. The number of hydrogen-bond acceptors (Lipinski definition) is 5. The summed E-state index contributed by atoms with van der Waals surface area (Å²) >= 11 is 0. The molecule has 0 saturated heterocycles. The predicted octanol–water partition coefficient (Wildman–Crippen LogP) is 5.03. The predicted molar refractivity (Wildman–Crippen MR) is 131 cm³/mol. The van der Waals surface area contributed by atoms with E-state index in [4.69, 9.17) is 14.2 Å². The summed E-state index contributed by atoms with van der Waals surface area (Å²) in [6.45, 7) is 1.57. The Bertz CT molecular complexity index is 1330. The van der Waals surface area contributed by atoms with Crippen LogP contribution in [0, 0.1) is 0 Å². The van der Waals surface area contributed by atoms with Gasteiger partial charge in [0, 0.05) is 24.0 Å². The zero-order valence-corrected chi connectivity index (χ0v) is 19.3. The fourth-order valence-electron chi connectivity index (χ4n) is 4.28. The second kappa shape index (κ2) is 9.43. The number of aromatic nitrogens is 1. The molecule has 0 atom stereocenters. The van der Waals surface area contributed by atoms with Crippen molar-refractivity contribution in [3.05, 3.63) is 95.2 Å². The first kappa shape index (κ1) is 21.8. The fraction of sp³-hybridized carbons (Fsp3) is 0.214. The summed E-state index contributed by atoms with van der Waals surface area (Å²) in [6.07, 6.45) is 0.779. The van der Waals surface area contributed by atoms with Crippen LogP contribution in [-0.4, -0.2) is 36.6 Å². The molecule has 1 amide bonds. The highest BCUT2D eigenvalue weighted by molar-refractivity contribution is 5.94. The third-order valence-corrected chi connectivity index (χ3v) is 6.15. The third-order valence-electron chi connectivity index (χ3n) is 6.15. The number of rotatable bonds is 6. The summed E-state index contributed by atoms with van der Waals surface area (Å²) < 4.78 is 16.7. The molecule has 1 aliphatic rings. The topological polar surface area (TPSA) is 60.9 Å². The van der Waals surface area contributed by atoms with Crippen LogP contribution in [0.5, 0.6) is 17.2 Å². The number of methoxy groups -OCH3 is 2. The van der Waals surface area contributed by atoms with Crippen molar-refractivity contribution in [1.82, 2.24) is 9.88 Å². The molecule has 0 unspecified atom stereocenters. The van der Waals surface area contributed by atoms with Crippen LogP contribution >= 0.6 is 0 Å². The number of amides is 1. The third kappa shape index (κ3) is 4.39. The first-order valence-electron chi connectivity index (χ1n) is 11.2. The van der Waals surface area contributed by atoms with Gasteiger partial charge in [-0.15, -0.1) is 0 Å². The summed E-state index contributed by atoms with van der Waals surface area (Å²) in [5.74, 6) is 2.10. The highest BCUT2D eigenvalue weighted by Gasteiger charge is 2.23. The van der Waals surface area contributed by atoms with Crippen LogP contribution in [0.1, 0.15) is 27.2 Å². The number of hydrogen-bond donors (Lipinski definition) is 0. The van der Waals surface area contributed by atoms with Crippen molar-refractivity contribution in [1.29, 1.82) is 0 Å². The van der Waals surface area contributed by atoms with Gasteiger partial charge in [-0.05, 0) is 66.1 Å². The minimum atomic E-state index is 0.00295. The molecule has 172 valence electrons. The Morgan fingerprint density at radius 2 is 1.65 bits per heavy atom. The van der Waals surface area contributed by atoms with E-state index < -0.39 is 0 Å². The van der Waals surface area contributed by atoms with Gasteiger partial charge in [0.25, 0.3) is 5.91 Å². The van der Waals surface area contributed by atoms with E-state index in [-0.39, 0.29) is 5.91 Å². The summed E-state index contributed by atoms with van der Waals surface area (Å²) in [5.41, 5.74) is 4.72. The van der Waals surface area contributed by atoms with Crippen molar-refractivity contribution in [2.75, 3.05) is 20.8 Å². The molecule has 6 nitrogen and oxygen atoms in total. The molecule has 5 rings (SSSR count). The molecule has 0 spiro atoms. The number of para-hydroxylation sites is 1. The van der Waals surface area contributed by atoms with Gasteiger partial charge in [-0.1, -0.05) is 24.3 Å². The molecule has 1 aromatic heterocycles. The maximum Gasteiger partial charge on any atom is 0.254 e. The summed E-state index contributed by atoms with van der Waals surface area (Å²) in [4.78, 5) is 19.6. The van der Waals surface area contributed by atoms with Crippen LogP contribution < -0.4 is 14.2 Å². The average Bonchev–Trinajstić information content (AvgIpc) is 2.90. The molecule has 2 heterocycles. The maximum absolute atomic E-state index is 13.1. The van der Waals surface area contributed by atoms with Gasteiger partial charge in [0.05, 0.1) is 25.4 Å². The van der Waals surface area contributed by atoms with Crippen LogP contribution in [0.15, 0.2) is 72.8 Å². The Morgan fingerprint density at radius 1 is 0.912 bits per heavy atom. The first-order valence-corrected chi connectivity index (χ1v) is 11.2. The van der Waals surface area contributed by atoms with Crippen molar-refractivity contribution in [2.24, 2.45) is 0 Å². The van der Waals surface area contributed by atoms with Crippen LogP contribution in [0.2, 0.25) is 0 Å². The van der Waals surface area contributed by atoms with Gasteiger partial charge in [-0.25, -0.2) is 4.98 Å². The smallest absolute Gasteiger partial charge is 0.254 e. The maximum atomic E-state index is 13.1. The summed E-state index contributed by atoms with van der Waals surface area (Å²) in [6, 6.07) is 23.3. The van der Waals surface area contributed by atoms with Gasteiger partial charge in [-0.2, -0.15) is 0 Å². The van der Waals surface area contributed by atoms with Crippen LogP contribution in [0.25, 0.3) is 10.9 Å². The van der Waals surface area contributed by atoms with E-state index in [0.29, 0.717) is 36.8 Å². The second-order valence-corrected chi connectivity index (χ2v) is 8.26. The minimum absolute atomic E-state index is 0.00295. The van der Waals surface area contributed by atoms with E-state index in [1.54, 1.807) is 14.2 Å². The van der Waals surface area contributed by atoms with Crippen molar-refractivity contribution in [2.45, 2.75) is 19.6 Å². The quantitative estimate of drug-likeness (QED) is 0.409. The van der Waals surface area contributed by atoms with Gasteiger partial charge in [-0.3, -0.25) is 4.79 Å². The highest BCUT2D eigenvalue weighted by Crippen LogP contribution is 2.33. The lowest BCUT2D eigenvalue weighted by Crippen LogP contribution is -2.36. The van der Waals surface area contributed by atoms with Gasteiger partial charge in [0.15, 0.2) is 11.5 Å². The monoisotopic (exact) mass is 454 g/mol. The molecule has 6 heteroatoms. The van der Waals surface area contributed by atoms with Crippen LogP contribution in [0.4, 0.5) is 0 Å². The van der Waals surface area contributed by atoms with E-state index in [1.165, 1.54) is 5.56 Å². The number of pyridine rings is 1. The lowest BCUT2D eigenvalue weighted by Gasteiger charge is -2.29. The van der Waals surface area contributed by atoms with Crippen molar-refractivity contribution in [3.8, 4) is 17.2 Å². The normalized spacial score (nSPS) is 12.8.